The van der Waals surface area contributed by atoms with Gasteiger partial charge in [-0.3, -0.25) is 0 Å². The Morgan fingerprint density at radius 3 is 2.73 bits per heavy atom. The summed E-state index contributed by atoms with van der Waals surface area (Å²) in [4.78, 5) is 8.53. The van der Waals surface area contributed by atoms with E-state index in [1.807, 2.05) is 4.68 Å². The third kappa shape index (κ3) is 2.50. The monoisotopic (exact) mass is 317 g/mol. The van der Waals surface area contributed by atoms with Crippen LogP contribution in [0.3, 0.4) is 0 Å². The van der Waals surface area contributed by atoms with E-state index in [2.05, 4.69) is 20.4 Å². The van der Waals surface area contributed by atoms with Crippen molar-refractivity contribution in [3.63, 3.8) is 0 Å². The molecule has 22 heavy (non-hydrogen) atoms. The molecule has 1 aliphatic rings. The van der Waals surface area contributed by atoms with Gasteiger partial charge in [-0.15, -0.1) is 0 Å². The first kappa shape index (κ1) is 13.5. The van der Waals surface area contributed by atoms with Crippen LogP contribution < -0.4 is 5.32 Å². The molecule has 0 atom stereocenters. The molecular weight excluding hydrogens is 305 g/mol. The highest BCUT2D eigenvalue weighted by atomic mass is 35.5. The van der Waals surface area contributed by atoms with Crippen molar-refractivity contribution in [2.45, 2.75) is 25.4 Å². The van der Waals surface area contributed by atoms with Crippen LogP contribution in [0.15, 0.2) is 30.5 Å². The lowest BCUT2D eigenvalue weighted by atomic mass is 10.2. The maximum Gasteiger partial charge on any atom is 0.226 e. The first-order chi connectivity index (χ1) is 10.7. The molecule has 0 spiro atoms. The van der Waals surface area contributed by atoms with Crippen molar-refractivity contribution in [3.05, 3.63) is 47.1 Å². The van der Waals surface area contributed by atoms with Crippen molar-refractivity contribution >= 4 is 28.5 Å². The summed E-state index contributed by atoms with van der Waals surface area (Å²) < 4.78 is 14.8. The SMILES string of the molecule is Fc1ccc(CNc2nc(Cl)nc3c2cnn3C2CC2)cc1. The molecule has 2 aromatic heterocycles. The average molecular weight is 318 g/mol. The average Bonchev–Trinajstić information content (AvgIpc) is 3.26. The second kappa shape index (κ2) is 5.21. The molecule has 1 aliphatic carbocycles. The summed E-state index contributed by atoms with van der Waals surface area (Å²) in [6.07, 6.45) is 4.00. The molecule has 1 aromatic carbocycles. The third-order valence-corrected chi connectivity index (χ3v) is 3.86. The van der Waals surface area contributed by atoms with Gasteiger partial charge >= 0.3 is 0 Å². The fourth-order valence-corrected chi connectivity index (χ4v) is 2.57. The number of halogens is 2. The number of hydrogen-bond acceptors (Lipinski definition) is 4. The molecule has 5 nitrogen and oxygen atoms in total. The van der Waals surface area contributed by atoms with Gasteiger partial charge in [0, 0.05) is 6.54 Å². The molecule has 4 rings (SSSR count). The Labute approximate surface area is 131 Å². The van der Waals surface area contributed by atoms with E-state index in [4.69, 9.17) is 11.6 Å². The maximum atomic E-state index is 12.9. The van der Waals surface area contributed by atoms with Gasteiger partial charge in [-0.05, 0) is 42.1 Å². The molecule has 2 heterocycles. The highest BCUT2D eigenvalue weighted by molar-refractivity contribution is 6.28. The minimum atomic E-state index is -0.248. The van der Waals surface area contributed by atoms with E-state index in [9.17, 15) is 4.39 Å². The zero-order valence-electron chi connectivity index (χ0n) is 11.6. The van der Waals surface area contributed by atoms with Crippen molar-refractivity contribution in [2.24, 2.45) is 0 Å². The number of fused-ring (bicyclic) bond motifs is 1. The van der Waals surface area contributed by atoms with Crippen molar-refractivity contribution < 1.29 is 4.39 Å². The maximum absolute atomic E-state index is 12.9. The highest BCUT2D eigenvalue weighted by Crippen LogP contribution is 2.37. The molecule has 7 heteroatoms. The van der Waals surface area contributed by atoms with Crippen LogP contribution in [-0.2, 0) is 6.54 Å². The van der Waals surface area contributed by atoms with Gasteiger partial charge in [-0.2, -0.15) is 15.1 Å². The second-order valence-electron chi connectivity index (χ2n) is 5.38. The smallest absolute Gasteiger partial charge is 0.226 e. The molecule has 0 radical (unpaired) electrons. The van der Waals surface area contributed by atoms with Crippen LogP contribution >= 0.6 is 11.6 Å². The number of benzene rings is 1. The van der Waals surface area contributed by atoms with Crippen molar-refractivity contribution in [1.29, 1.82) is 0 Å². The second-order valence-corrected chi connectivity index (χ2v) is 5.72. The Kier molecular flexibility index (Phi) is 3.18. The predicted molar refractivity (Wildman–Crippen MR) is 82.3 cm³/mol. The number of hydrogen-bond donors (Lipinski definition) is 1. The van der Waals surface area contributed by atoms with E-state index in [1.54, 1.807) is 18.3 Å². The van der Waals surface area contributed by atoms with Gasteiger partial charge in [0.1, 0.15) is 11.6 Å². The van der Waals surface area contributed by atoms with Crippen molar-refractivity contribution in [2.75, 3.05) is 5.32 Å². The van der Waals surface area contributed by atoms with Crippen LogP contribution in [0, 0.1) is 5.82 Å². The molecule has 0 saturated heterocycles. The molecule has 0 unspecified atom stereocenters. The van der Waals surface area contributed by atoms with Crippen LogP contribution in [0.25, 0.3) is 11.0 Å². The lowest BCUT2D eigenvalue weighted by Crippen LogP contribution is -2.04. The Hall–Kier alpha value is -2.21. The molecule has 1 N–H and O–H groups in total. The molecule has 1 fully saturated rings. The number of nitrogens with zero attached hydrogens (tertiary/aromatic N) is 4. The zero-order chi connectivity index (χ0) is 15.1. The van der Waals surface area contributed by atoms with E-state index < -0.39 is 0 Å². The van der Waals surface area contributed by atoms with Gasteiger partial charge in [-0.1, -0.05) is 12.1 Å². The minimum Gasteiger partial charge on any atom is -0.365 e. The summed E-state index contributed by atoms with van der Waals surface area (Å²) in [6.45, 7) is 0.525. The first-order valence-corrected chi connectivity index (χ1v) is 7.47. The molecule has 0 aliphatic heterocycles. The minimum absolute atomic E-state index is 0.191. The fourth-order valence-electron chi connectivity index (χ4n) is 2.41. The van der Waals surface area contributed by atoms with Crippen LogP contribution in [0.2, 0.25) is 5.28 Å². The van der Waals surface area contributed by atoms with Gasteiger partial charge in [0.05, 0.1) is 17.6 Å². The number of rotatable bonds is 4. The van der Waals surface area contributed by atoms with E-state index in [0.29, 0.717) is 18.4 Å². The lowest BCUT2D eigenvalue weighted by Gasteiger charge is -2.08. The molecule has 0 bridgehead atoms. The van der Waals surface area contributed by atoms with Crippen LogP contribution in [0.4, 0.5) is 10.2 Å². The number of aromatic nitrogens is 4. The summed E-state index contributed by atoms with van der Waals surface area (Å²) in [5.74, 6) is 0.396. The molecular formula is C15H13ClFN5. The summed E-state index contributed by atoms with van der Waals surface area (Å²) >= 11 is 6.03. The number of nitrogens with one attached hydrogen (secondary N) is 1. The van der Waals surface area contributed by atoms with Crippen LogP contribution in [-0.4, -0.2) is 19.7 Å². The van der Waals surface area contributed by atoms with Gasteiger partial charge in [0.25, 0.3) is 0 Å². The summed E-state index contributed by atoms with van der Waals surface area (Å²) in [5.41, 5.74) is 1.71. The van der Waals surface area contributed by atoms with E-state index in [1.165, 1.54) is 12.1 Å². The van der Waals surface area contributed by atoms with Gasteiger partial charge in [0.15, 0.2) is 5.65 Å². The fraction of sp³-hybridized carbons (Fsp3) is 0.267. The standard InChI is InChI=1S/C15H13ClFN5/c16-15-20-13(18-7-9-1-3-10(17)4-2-9)12-8-19-22(11-5-6-11)14(12)21-15/h1-4,8,11H,5-7H2,(H,18,20,21). The molecule has 1 saturated carbocycles. The quantitative estimate of drug-likeness (QED) is 0.747. The van der Waals surface area contributed by atoms with Gasteiger partial charge in [-0.25, -0.2) is 9.07 Å². The van der Waals surface area contributed by atoms with Crippen molar-refractivity contribution in [1.82, 2.24) is 19.7 Å². The zero-order valence-corrected chi connectivity index (χ0v) is 12.4. The number of anilines is 1. The normalized spacial score (nSPS) is 14.5. The lowest BCUT2D eigenvalue weighted by molar-refractivity contribution is 0.627. The Morgan fingerprint density at radius 2 is 2.00 bits per heavy atom. The predicted octanol–water partition coefficient (Wildman–Crippen LogP) is 3.57. The summed E-state index contributed by atoms with van der Waals surface area (Å²) in [6, 6.07) is 6.76. The van der Waals surface area contributed by atoms with Gasteiger partial charge < -0.3 is 5.32 Å². The Morgan fingerprint density at radius 1 is 1.23 bits per heavy atom. The Bertz CT molecular complexity index is 826. The van der Waals surface area contributed by atoms with E-state index >= 15 is 0 Å². The van der Waals surface area contributed by atoms with Crippen LogP contribution in [0.1, 0.15) is 24.4 Å². The Balaban J connectivity index is 1.64. The van der Waals surface area contributed by atoms with Crippen LogP contribution in [0.5, 0.6) is 0 Å². The van der Waals surface area contributed by atoms with Gasteiger partial charge in [0.2, 0.25) is 5.28 Å². The van der Waals surface area contributed by atoms with Crippen molar-refractivity contribution in [3.8, 4) is 0 Å². The third-order valence-electron chi connectivity index (χ3n) is 3.69. The first-order valence-electron chi connectivity index (χ1n) is 7.10. The van der Waals surface area contributed by atoms with E-state index in [-0.39, 0.29) is 11.1 Å². The molecule has 0 amide bonds. The molecule has 112 valence electrons. The largest absolute Gasteiger partial charge is 0.365 e. The summed E-state index contributed by atoms with van der Waals surface area (Å²) in [5, 5.41) is 8.65. The van der Waals surface area contributed by atoms with E-state index in [0.717, 1.165) is 29.4 Å². The topological polar surface area (TPSA) is 55.6 Å². The summed E-state index contributed by atoms with van der Waals surface area (Å²) in [7, 11) is 0. The molecule has 3 aromatic rings. The highest BCUT2D eigenvalue weighted by Gasteiger charge is 2.27.